The smallest absolute Gasteiger partial charge is 0.409 e. The molecule has 2 aliphatic rings. The van der Waals surface area contributed by atoms with Gasteiger partial charge in [-0.3, -0.25) is 14.6 Å². The van der Waals surface area contributed by atoms with Crippen LogP contribution in [0.3, 0.4) is 0 Å². The second kappa shape index (κ2) is 8.62. The SMILES string of the molecule is CCOC(=O)N1CCN(CN2C(=O)C(=Nc3ccc(F)cc3)c3ccccc32)CC1. The van der Waals surface area contributed by atoms with Crippen molar-refractivity contribution in [3.05, 3.63) is 59.9 Å². The van der Waals surface area contributed by atoms with Crippen LogP contribution in [0.25, 0.3) is 0 Å². The number of anilines is 1. The Bertz CT molecular complexity index is 969. The average molecular weight is 410 g/mol. The first-order chi connectivity index (χ1) is 14.6. The summed E-state index contributed by atoms with van der Waals surface area (Å²) >= 11 is 0. The van der Waals surface area contributed by atoms with E-state index in [9.17, 15) is 14.0 Å². The average Bonchev–Trinajstić information content (AvgIpc) is 3.02. The zero-order valence-corrected chi connectivity index (χ0v) is 16.8. The van der Waals surface area contributed by atoms with Gasteiger partial charge in [-0.1, -0.05) is 18.2 Å². The van der Waals surface area contributed by atoms with Crippen LogP contribution in [0, 0.1) is 5.82 Å². The van der Waals surface area contributed by atoms with Gasteiger partial charge in [-0.15, -0.1) is 0 Å². The van der Waals surface area contributed by atoms with E-state index in [2.05, 4.69) is 9.89 Å². The van der Waals surface area contributed by atoms with E-state index in [4.69, 9.17) is 4.74 Å². The monoisotopic (exact) mass is 410 g/mol. The maximum atomic E-state index is 13.2. The molecule has 0 unspecified atom stereocenters. The number of aliphatic imine (C=N–C) groups is 1. The van der Waals surface area contributed by atoms with Crippen molar-refractivity contribution in [2.75, 3.05) is 44.4 Å². The molecule has 156 valence electrons. The lowest BCUT2D eigenvalue weighted by atomic mass is 10.1. The van der Waals surface area contributed by atoms with E-state index in [1.54, 1.807) is 28.9 Å². The zero-order valence-electron chi connectivity index (χ0n) is 16.8. The van der Waals surface area contributed by atoms with Gasteiger partial charge in [-0.2, -0.15) is 0 Å². The second-order valence-electron chi connectivity index (χ2n) is 7.13. The molecule has 0 spiro atoms. The minimum atomic E-state index is -0.347. The van der Waals surface area contributed by atoms with Gasteiger partial charge in [0.05, 0.1) is 24.7 Å². The molecule has 1 fully saturated rings. The maximum absolute atomic E-state index is 13.2. The van der Waals surface area contributed by atoms with E-state index < -0.39 is 0 Å². The van der Waals surface area contributed by atoms with Gasteiger partial charge >= 0.3 is 6.09 Å². The number of nitrogens with zero attached hydrogens (tertiary/aromatic N) is 4. The Labute approximate surface area is 174 Å². The molecule has 0 atom stereocenters. The second-order valence-corrected chi connectivity index (χ2v) is 7.13. The van der Waals surface area contributed by atoms with E-state index in [0.29, 0.717) is 50.9 Å². The summed E-state index contributed by atoms with van der Waals surface area (Å²) in [4.78, 5) is 35.1. The Hall–Kier alpha value is -3.26. The molecule has 1 saturated heterocycles. The summed E-state index contributed by atoms with van der Waals surface area (Å²) in [6.07, 6.45) is -0.298. The van der Waals surface area contributed by atoms with Crippen molar-refractivity contribution in [2.24, 2.45) is 4.99 Å². The highest BCUT2D eigenvalue weighted by Crippen LogP contribution is 2.31. The molecule has 0 saturated carbocycles. The van der Waals surface area contributed by atoms with Gasteiger partial charge in [0.25, 0.3) is 5.91 Å². The molecule has 0 N–H and O–H groups in total. The predicted molar refractivity (Wildman–Crippen MR) is 112 cm³/mol. The minimum absolute atomic E-state index is 0.187. The first-order valence-corrected chi connectivity index (χ1v) is 9.96. The Morgan fingerprint density at radius 3 is 2.47 bits per heavy atom. The minimum Gasteiger partial charge on any atom is -0.450 e. The summed E-state index contributed by atoms with van der Waals surface area (Å²) in [6, 6.07) is 13.3. The van der Waals surface area contributed by atoms with Crippen LogP contribution in [-0.2, 0) is 9.53 Å². The van der Waals surface area contributed by atoms with Crippen molar-refractivity contribution in [1.82, 2.24) is 9.80 Å². The maximum Gasteiger partial charge on any atom is 0.409 e. The molecule has 8 heteroatoms. The number of hydrogen-bond acceptors (Lipinski definition) is 5. The molecule has 0 bridgehead atoms. The lowest BCUT2D eigenvalue weighted by molar-refractivity contribution is -0.112. The molecule has 2 amide bonds. The zero-order chi connectivity index (χ0) is 21.1. The Kier molecular flexibility index (Phi) is 5.76. The Balaban J connectivity index is 1.50. The first-order valence-electron chi connectivity index (χ1n) is 9.96. The summed E-state index contributed by atoms with van der Waals surface area (Å²) in [6.45, 7) is 4.96. The standard InChI is InChI=1S/C22H23FN4O3/c1-2-30-22(29)26-13-11-25(12-14-26)15-27-19-6-4-3-5-18(19)20(21(27)28)24-17-9-7-16(23)8-10-17/h3-10H,2,11-15H2,1H3. The number of carbonyl (C=O) groups is 2. The van der Waals surface area contributed by atoms with Crippen LogP contribution >= 0.6 is 0 Å². The van der Waals surface area contributed by atoms with E-state index in [-0.39, 0.29) is 17.8 Å². The highest BCUT2D eigenvalue weighted by Gasteiger charge is 2.35. The van der Waals surface area contributed by atoms with Gasteiger partial charge in [0.2, 0.25) is 0 Å². The number of benzene rings is 2. The number of para-hydroxylation sites is 1. The van der Waals surface area contributed by atoms with Gasteiger partial charge < -0.3 is 9.64 Å². The number of piperazine rings is 1. The fourth-order valence-electron chi connectivity index (χ4n) is 3.64. The summed E-state index contributed by atoms with van der Waals surface area (Å²) in [5, 5.41) is 0. The quantitative estimate of drug-likeness (QED) is 0.777. The highest BCUT2D eigenvalue weighted by atomic mass is 19.1. The van der Waals surface area contributed by atoms with Gasteiger partial charge in [0.15, 0.2) is 0 Å². The van der Waals surface area contributed by atoms with Crippen LogP contribution in [-0.4, -0.2) is 67.0 Å². The molecule has 7 nitrogen and oxygen atoms in total. The van der Waals surface area contributed by atoms with Gasteiger partial charge in [0.1, 0.15) is 11.5 Å². The fraction of sp³-hybridized carbons (Fsp3) is 0.318. The molecule has 0 radical (unpaired) electrons. The molecule has 2 heterocycles. The number of fused-ring (bicyclic) bond motifs is 1. The van der Waals surface area contributed by atoms with Crippen molar-refractivity contribution in [3.8, 4) is 0 Å². The normalized spacial score (nSPS) is 18.1. The lowest BCUT2D eigenvalue weighted by Gasteiger charge is -2.36. The summed E-state index contributed by atoms with van der Waals surface area (Å²) in [5.74, 6) is -0.533. The van der Waals surface area contributed by atoms with E-state index in [0.717, 1.165) is 11.3 Å². The molecule has 0 aromatic heterocycles. The predicted octanol–water partition coefficient (Wildman–Crippen LogP) is 3.02. The Morgan fingerprint density at radius 1 is 1.07 bits per heavy atom. The molecule has 2 aromatic rings. The van der Waals surface area contributed by atoms with Crippen LogP contribution in [0.1, 0.15) is 12.5 Å². The van der Waals surface area contributed by atoms with Crippen LogP contribution in [0.2, 0.25) is 0 Å². The van der Waals surface area contributed by atoms with E-state index in [1.807, 2.05) is 24.3 Å². The highest BCUT2D eigenvalue weighted by molar-refractivity contribution is 6.54. The lowest BCUT2D eigenvalue weighted by Crippen LogP contribution is -2.52. The van der Waals surface area contributed by atoms with Crippen molar-refractivity contribution in [1.29, 1.82) is 0 Å². The van der Waals surface area contributed by atoms with Crippen molar-refractivity contribution >= 4 is 29.1 Å². The Morgan fingerprint density at radius 2 is 1.77 bits per heavy atom. The third-order valence-electron chi connectivity index (χ3n) is 5.20. The van der Waals surface area contributed by atoms with Crippen LogP contribution in [0.15, 0.2) is 53.5 Å². The van der Waals surface area contributed by atoms with Gasteiger partial charge in [-0.25, -0.2) is 14.2 Å². The topological polar surface area (TPSA) is 65.5 Å². The first kappa shape index (κ1) is 20.0. The number of halogens is 1. The number of ether oxygens (including phenoxy) is 1. The molecule has 30 heavy (non-hydrogen) atoms. The fourth-order valence-corrected chi connectivity index (χ4v) is 3.64. The van der Waals surface area contributed by atoms with Gasteiger partial charge in [0, 0.05) is 31.7 Å². The molecule has 4 rings (SSSR count). The van der Waals surface area contributed by atoms with Crippen molar-refractivity contribution in [3.63, 3.8) is 0 Å². The largest absolute Gasteiger partial charge is 0.450 e. The van der Waals surface area contributed by atoms with E-state index in [1.165, 1.54) is 12.1 Å². The van der Waals surface area contributed by atoms with Crippen LogP contribution in [0.5, 0.6) is 0 Å². The third kappa shape index (κ3) is 4.04. The molecule has 0 aliphatic carbocycles. The molecule has 2 aliphatic heterocycles. The summed E-state index contributed by atoms with van der Waals surface area (Å²) < 4.78 is 18.3. The third-order valence-corrected chi connectivity index (χ3v) is 5.20. The number of amides is 2. The number of rotatable bonds is 4. The summed E-state index contributed by atoms with van der Waals surface area (Å²) in [7, 11) is 0. The number of carbonyl (C=O) groups excluding carboxylic acids is 2. The van der Waals surface area contributed by atoms with Crippen LogP contribution in [0.4, 0.5) is 20.6 Å². The van der Waals surface area contributed by atoms with Crippen molar-refractivity contribution in [2.45, 2.75) is 6.92 Å². The van der Waals surface area contributed by atoms with Crippen molar-refractivity contribution < 1.29 is 18.7 Å². The molecular formula is C22H23FN4O3. The summed E-state index contributed by atoms with van der Waals surface area (Å²) in [5.41, 5.74) is 2.44. The van der Waals surface area contributed by atoms with Gasteiger partial charge in [-0.05, 0) is 37.3 Å². The molecular weight excluding hydrogens is 387 g/mol. The van der Waals surface area contributed by atoms with E-state index >= 15 is 0 Å². The molecule has 2 aromatic carbocycles. The number of hydrogen-bond donors (Lipinski definition) is 0. The van der Waals surface area contributed by atoms with Crippen LogP contribution < -0.4 is 4.90 Å².